The minimum Gasteiger partial charge on any atom is -0.0584 e. The second kappa shape index (κ2) is 7.21. The summed E-state index contributed by atoms with van der Waals surface area (Å²) in [5, 5.41) is 0. The van der Waals surface area contributed by atoms with Crippen LogP contribution in [-0.2, 0) is 12.8 Å². The molecule has 0 aliphatic heterocycles. The van der Waals surface area contributed by atoms with Gasteiger partial charge < -0.3 is 0 Å². The topological polar surface area (TPSA) is 0 Å². The quantitative estimate of drug-likeness (QED) is 0.299. The van der Waals surface area contributed by atoms with Gasteiger partial charge in [-0.25, -0.2) is 0 Å². The second-order valence-corrected chi connectivity index (χ2v) is 7.21. The van der Waals surface area contributed by atoms with E-state index in [0.29, 0.717) is 0 Å². The monoisotopic (exact) mass is 314 g/mol. The van der Waals surface area contributed by atoms with Crippen molar-refractivity contribution in [1.82, 2.24) is 0 Å². The molecule has 0 bridgehead atoms. The Kier molecular flexibility index (Phi) is 4.64. The SMILES string of the molecule is C1=Cc2cc(CCCCCCCCc3ccc4c(c3)C=C4)ccc21. The molecule has 2 aromatic carbocycles. The van der Waals surface area contributed by atoms with Gasteiger partial charge in [0, 0.05) is 0 Å². The van der Waals surface area contributed by atoms with Crippen molar-refractivity contribution >= 4 is 24.3 Å². The molecule has 0 unspecified atom stereocenters. The number of hydrogen-bond acceptors (Lipinski definition) is 0. The van der Waals surface area contributed by atoms with Crippen LogP contribution in [0, 0.1) is 0 Å². The fourth-order valence-corrected chi connectivity index (χ4v) is 3.68. The highest BCUT2D eigenvalue weighted by Gasteiger charge is 2.06. The van der Waals surface area contributed by atoms with Gasteiger partial charge in [-0.3, -0.25) is 0 Å². The van der Waals surface area contributed by atoms with Crippen molar-refractivity contribution in [2.24, 2.45) is 0 Å². The third-order valence-corrected chi connectivity index (χ3v) is 5.37. The normalized spacial score (nSPS) is 13.2. The Morgan fingerprint density at radius 2 is 0.833 bits per heavy atom. The van der Waals surface area contributed by atoms with Crippen molar-refractivity contribution in [1.29, 1.82) is 0 Å². The van der Waals surface area contributed by atoms with E-state index < -0.39 is 0 Å². The van der Waals surface area contributed by atoms with Crippen LogP contribution in [-0.4, -0.2) is 0 Å². The first kappa shape index (κ1) is 15.4. The number of unbranched alkanes of at least 4 members (excludes halogenated alkanes) is 5. The molecule has 122 valence electrons. The van der Waals surface area contributed by atoms with E-state index in [1.54, 1.807) is 0 Å². The van der Waals surface area contributed by atoms with E-state index in [1.165, 1.54) is 84.7 Å². The van der Waals surface area contributed by atoms with E-state index in [4.69, 9.17) is 0 Å². The molecule has 0 aromatic heterocycles. The molecule has 0 fully saturated rings. The molecule has 2 aromatic rings. The van der Waals surface area contributed by atoms with Crippen LogP contribution in [0.2, 0.25) is 0 Å². The summed E-state index contributed by atoms with van der Waals surface area (Å²) in [6, 6.07) is 13.8. The van der Waals surface area contributed by atoms with Gasteiger partial charge in [0.25, 0.3) is 0 Å². The van der Waals surface area contributed by atoms with Crippen LogP contribution in [0.15, 0.2) is 36.4 Å². The third-order valence-electron chi connectivity index (χ3n) is 5.37. The fraction of sp³-hybridized carbons (Fsp3) is 0.333. The van der Waals surface area contributed by atoms with Crippen LogP contribution >= 0.6 is 0 Å². The highest BCUT2D eigenvalue weighted by Crippen LogP contribution is 2.26. The van der Waals surface area contributed by atoms with Gasteiger partial charge in [0.1, 0.15) is 0 Å². The molecule has 0 heterocycles. The summed E-state index contributed by atoms with van der Waals surface area (Å²) in [4.78, 5) is 0. The summed E-state index contributed by atoms with van der Waals surface area (Å²) in [5.74, 6) is 0. The largest absolute Gasteiger partial charge is 0.0584 e. The highest BCUT2D eigenvalue weighted by molar-refractivity contribution is 5.86. The Labute approximate surface area is 145 Å². The van der Waals surface area contributed by atoms with Crippen molar-refractivity contribution in [2.45, 2.75) is 51.4 Å². The maximum atomic E-state index is 2.36. The average Bonchev–Trinajstić information content (AvgIpc) is 2.54. The summed E-state index contributed by atoms with van der Waals surface area (Å²) in [6.45, 7) is 0. The Balaban J connectivity index is 1.06. The Hall–Kier alpha value is -2.08. The molecule has 2 aliphatic carbocycles. The molecule has 24 heavy (non-hydrogen) atoms. The lowest BCUT2D eigenvalue weighted by Gasteiger charge is -2.12. The first-order chi connectivity index (χ1) is 11.9. The van der Waals surface area contributed by atoms with Gasteiger partial charge in [-0.15, -0.1) is 0 Å². The van der Waals surface area contributed by atoms with E-state index in [-0.39, 0.29) is 0 Å². The summed E-state index contributed by atoms with van der Waals surface area (Å²) in [5.41, 5.74) is 8.68. The zero-order chi connectivity index (χ0) is 16.2. The standard InChI is InChI=1S/C24H26/c1(3-5-7-19-9-11-21-13-15-23(21)17-19)2-4-6-8-20-10-12-22-14-16-24(22)18-20/h9-18H,1-8H2. The van der Waals surface area contributed by atoms with Crippen molar-refractivity contribution in [3.63, 3.8) is 0 Å². The average molecular weight is 314 g/mol. The smallest absolute Gasteiger partial charge is 0.0181 e. The molecule has 0 spiro atoms. The lowest BCUT2D eigenvalue weighted by molar-refractivity contribution is 0.594. The van der Waals surface area contributed by atoms with E-state index in [1.807, 2.05) is 0 Å². The van der Waals surface area contributed by atoms with Gasteiger partial charge in [0.15, 0.2) is 0 Å². The van der Waals surface area contributed by atoms with E-state index >= 15 is 0 Å². The number of rotatable bonds is 9. The van der Waals surface area contributed by atoms with Crippen LogP contribution in [0.3, 0.4) is 0 Å². The molecule has 0 amide bonds. The first-order valence-electron chi connectivity index (χ1n) is 9.50. The molecular weight excluding hydrogens is 288 g/mol. The Morgan fingerprint density at radius 3 is 1.21 bits per heavy atom. The maximum absolute atomic E-state index is 2.36. The number of fused-ring (bicyclic) bond motifs is 2. The molecular formula is C24H26. The summed E-state index contributed by atoms with van der Waals surface area (Å²) < 4.78 is 0. The highest BCUT2D eigenvalue weighted by atomic mass is 14.1. The second-order valence-electron chi connectivity index (χ2n) is 7.21. The van der Waals surface area contributed by atoms with Crippen LogP contribution < -0.4 is 0 Å². The summed E-state index contributed by atoms with van der Waals surface area (Å²) >= 11 is 0. The molecule has 0 N–H and O–H groups in total. The van der Waals surface area contributed by atoms with Gasteiger partial charge in [-0.2, -0.15) is 0 Å². The van der Waals surface area contributed by atoms with Crippen molar-refractivity contribution in [3.05, 3.63) is 69.8 Å². The zero-order valence-corrected chi connectivity index (χ0v) is 14.4. The zero-order valence-electron chi connectivity index (χ0n) is 14.4. The molecule has 0 atom stereocenters. The minimum absolute atomic E-state index is 1.24. The van der Waals surface area contributed by atoms with Crippen LogP contribution in [0.4, 0.5) is 0 Å². The van der Waals surface area contributed by atoms with Gasteiger partial charge in [0.2, 0.25) is 0 Å². The van der Waals surface area contributed by atoms with Crippen LogP contribution in [0.5, 0.6) is 0 Å². The van der Waals surface area contributed by atoms with Crippen LogP contribution in [0.25, 0.3) is 24.3 Å². The summed E-state index contributed by atoms with van der Waals surface area (Å²) in [6.07, 6.45) is 19.5. The first-order valence-corrected chi connectivity index (χ1v) is 9.50. The van der Waals surface area contributed by atoms with Crippen molar-refractivity contribution in [2.75, 3.05) is 0 Å². The Bertz CT molecular complexity index is 709. The number of benzene rings is 2. The predicted molar refractivity (Wildman–Crippen MR) is 106 cm³/mol. The fourth-order valence-electron chi connectivity index (χ4n) is 3.68. The molecule has 2 aliphatic rings. The molecule has 0 radical (unpaired) electrons. The van der Waals surface area contributed by atoms with Gasteiger partial charge in [-0.1, -0.05) is 86.4 Å². The molecule has 0 nitrogen and oxygen atoms in total. The van der Waals surface area contributed by atoms with Crippen molar-refractivity contribution in [3.8, 4) is 0 Å². The van der Waals surface area contributed by atoms with Crippen molar-refractivity contribution < 1.29 is 0 Å². The summed E-state index contributed by atoms with van der Waals surface area (Å²) in [7, 11) is 0. The number of hydrogen-bond donors (Lipinski definition) is 0. The lowest BCUT2D eigenvalue weighted by atomic mass is 9.93. The molecule has 0 heteroatoms. The molecule has 4 rings (SSSR count). The van der Waals surface area contributed by atoms with Gasteiger partial charge >= 0.3 is 0 Å². The molecule has 0 saturated carbocycles. The van der Waals surface area contributed by atoms with E-state index in [2.05, 4.69) is 60.7 Å². The van der Waals surface area contributed by atoms with E-state index in [9.17, 15) is 0 Å². The van der Waals surface area contributed by atoms with Gasteiger partial charge in [-0.05, 0) is 59.1 Å². The molecule has 0 saturated heterocycles. The van der Waals surface area contributed by atoms with Gasteiger partial charge in [0.05, 0.1) is 0 Å². The minimum atomic E-state index is 1.24. The number of aryl methyl sites for hydroxylation is 2. The van der Waals surface area contributed by atoms with Crippen LogP contribution in [0.1, 0.15) is 71.9 Å². The third kappa shape index (κ3) is 3.53. The Morgan fingerprint density at radius 1 is 0.417 bits per heavy atom. The lowest BCUT2D eigenvalue weighted by Crippen LogP contribution is -1.94. The van der Waals surface area contributed by atoms with E-state index in [0.717, 1.165) is 0 Å². The predicted octanol–water partition coefficient (Wildman–Crippen LogP) is 6.78. The maximum Gasteiger partial charge on any atom is -0.0181 e.